The van der Waals surface area contributed by atoms with E-state index in [0.717, 1.165) is 5.56 Å². The highest BCUT2D eigenvalue weighted by Gasteiger charge is 2.07. The summed E-state index contributed by atoms with van der Waals surface area (Å²) in [6, 6.07) is 11.4. The van der Waals surface area contributed by atoms with Crippen LogP contribution in [-0.4, -0.2) is 32.4 Å². The number of urea groups is 1. The zero-order valence-electron chi connectivity index (χ0n) is 14.4. The molecule has 3 N–H and O–H groups in total. The van der Waals surface area contributed by atoms with Crippen LogP contribution in [0.5, 0.6) is 11.5 Å². The maximum atomic E-state index is 11.4. The lowest BCUT2D eigenvalue weighted by atomic mass is 10.1. The Labute approximate surface area is 150 Å². The number of rotatable bonds is 7. The predicted molar refractivity (Wildman–Crippen MR) is 95.4 cm³/mol. The van der Waals surface area contributed by atoms with Crippen LogP contribution in [0.25, 0.3) is 0 Å². The van der Waals surface area contributed by atoms with Crippen molar-refractivity contribution < 1.29 is 23.8 Å². The molecule has 2 aromatic carbocycles. The minimum absolute atomic E-state index is 0.300. The Bertz CT molecular complexity index is 803. The van der Waals surface area contributed by atoms with Crippen LogP contribution in [0.3, 0.4) is 0 Å². The van der Waals surface area contributed by atoms with Gasteiger partial charge in [-0.3, -0.25) is 0 Å². The SMILES string of the molecule is COC(=O)c1ccc(COc2ccc(C=NNC(N)=O)cc2OC)cc1. The number of nitrogens with one attached hydrogen (secondary N) is 1. The second-order valence-electron chi connectivity index (χ2n) is 5.12. The van der Waals surface area contributed by atoms with Crippen molar-refractivity contribution in [2.24, 2.45) is 10.8 Å². The number of amides is 2. The Morgan fingerprint density at radius 3 is 2.46 bits per heavy atom. The van der Waals surface area contributed by atoms with Gasteiger partial charge in [-0.2, -0.15) is 5.10 Å². The summed E-state index contributed by atoms with van der Waals surface area (Å²) >= 11 is 0. The van der Waals surface area contributed by atoms with E-state index in [4.69, 9.17) is 15.2 Å². The molecule has 2 aromatic rings. The molecule has 2 rings (SSSR count). The molecule has 0 radical (unpaired) electrons. The van der Waals surface area contributed by atoms with Crippen molar-refractivity contribution in [3.05, 3.63) is 59.2 Å². The third-order valence-electron chi connectivity index (χ3n) is 3.35. The molecule has 0 saturated heterocycles. The molecular formula is C18H19N3O5. The second kappa shape index (κ2) is 9.07. The molecule has 8 nitrogen and oxygen atoms in total. The summed E-state index contributed by atoms with van der Waals surface area (Å²) in [6.07, 6.45) is 1.43. The lowest BCUT2D eigenvalue weighted by Gasteiger charge is -2.11. The molecule has 0 saturated carbocycles. The summed E-state index contributed by atoms with van der Waals surface area (Å²) in [5.41, 5.74) is 9.10. The molecule has 8 heteroatoms. The van der Waals surface area contributed by atoms with Gasteiger partial charge >= 0.3 is 12.0 Å². The molecule has 0 fully saturated rings. The predicted octanol–water partition coefficient (Wildman–Crippen LogP) is 2.06. The van der Waals surface area contributed by atoms with Crippen LogP contribution in [0, 0.1) is 0 Å². The van der Waals surface area contributed by atoms with Gasteiger partial charge < -0.3 is 19.9 Å². The number of esters is 1. The van der Waals surface area contributed by atoms with E-state index < -0.39 is 6.03 Å². The fraction of sp³-hybridized carbons (Fsp3) is 0.167. The maximum absolute atomic E-state index is 11.4. The Hall–Kier alpha value is -3.55. The zero-order valence-corrected chi connectivity index (χ0v) is 14.4. The third kappa shape index (κ3) is 5.23. The van der Waals surface area contributed by atoms with Gasteiger partial charge in [-0.25, -0.2) is 15.0 Å². The Balaban J connectivity index is 2.03. The maximum Gasteiger partial charge on any atom is 0.337 e. The first-order chi connectivity index (χ1) is 12.5. The number of methoxy groups -OCH3 is 2. The third-order valence-corrected chi connectivity index (χ3v) is 3.35. The van der Waals surface area contributed by atoms with Gasteiger partial charge in [0, 0.05) is 0 Å². The summed E-state index contributed by atoms with van der Waals surface area (Å²) in [4.78, 5) is 22.0. The van der Waals surface area contributed by atoms with Crippen LogP contribution in [0.2, 0.25) is 0 Å². The number of hydrogen-bond acceptors (Lipinski definition) is 6. The lowest BCUT2D eigenvalue weighted by molar-refractivity contribution is 0.0600. The minimum Gasteiger partial charge on any atom is -0.493 e. The van der Waals surface area contributed by atoms with Crippen LogP contribution < -0.4 is 20.6 Å². The average Bonchev–Trinajstić information content (AvgIpc) is 2.66. The fourth-order valence-electron chi connectivity index (χ4n) is 2.07. The Morgan fingerprint density at radius 1 is 1.12 bits per heavy atom. The topological polar surface area (TPSA) is 112 Å². The molecule has 136 valence electrons. The number of carbonyl (C=O) groups is 2. The first-order valence-electron chi connectivity index (χ1n) is 7.60. The summed E-state index contributed by atoms with van der Waals surface area (Å²) in [7, 11) is 2.86. The molecule has 0 heterocycles. The lowest BCUT2D eigenvalue weighted by Crippen LogP contribution is -2.24. The van der Waals surface area contributed by atoms with Crippen molar-refractivity contribution in [3.63, 3.8) is 0 Å². The van der Waals surface area contributed by atoms with Gasteiger partial charge in [0.1, 0.15) is 6.61 Å². The van der Waals surface area contributed by atoms with Gasteiger partial charge in [0.05, 0.1) is 26.0 Å². The number of nitrogens with zero attached hydrogens (tertiary/aromatic N) is 1. The van der Waals surface area contributed by atoms with Crippen molar-refractivity contribution in [1.29, 1.82) is 0 Å². The first-order valence-corrected chi connectivity index (χ1v) is 7.60. The molecule has 0 aliphatic heterocycles. The van der Waals surface area contributed by atoms with Crippen molar-refractivity contribution in [1.82, 2.24) is 5.43 Å². The van der Waals surface area contributed by atoms with Crippen molar-refractivity contribution in [3.8, 4) is 11.5 Å². The van der Waals surface area contributed by atoms with Gasteiger partial charge in [0.15, 0.2) is 11.5 Å². The normalized spacial score (nSPS) is 10.4. The van der Waals surface area contributed by atoms with Gasteiger partial charge in [-0.05, 0) is 41.5 Å². The molecule has 0 aliphatic rings. The molecule has 0 aromatic heterocycles. The van der Waals surface area contributed by atoms with Crippen LogP contribution >= 0.6 is 0 Å². The van der Waals surface area contributed by atoms with E-state index in [0.29, 0.717) is 29.2 Å². The summed E-state index contributed by atoms with van der Waals surface area (Å²) in [6.45, 7) is 0.300. The first kappa shape index (κ1) is 18.8. The Morgan fingerprint density at radius 2 is 1.85 bits per heavy atom. The van der Waals surface area contributed by atoms with Gasteiger partial charge in [0.2, 0.25) is 0 Å². The van der Waals surface area contributed by atoms with Crippen LogP contribution in [0.15, 0.2) is 47.6 Å². The highest BCUT2D eigenvalue weighted by Crippen LogP contribution is 2.28. The van der Waals surface area contributed by atoms with E-state index >= 15 is 0 Å². The quantitative estimate of drug-likeness (QED) is 0.447. The number of ether oxygens (including phenoxy) is 3. The van der Waals surface area contributed by atoms with E-state index in [1.54, 1.807) is 42.5 Å². The van der Waals surface area contributed by atoms with Crippen LogP contribution in [-0.2, 0) is 11.3 Å². The van der Waals surface area contributed by atoms with Crippen LogP contribution in [0.1, 0.15) is 21.5 Å². The Kier molecular flexibility index (Phi) is 6.55. The van der Waals surface area contributed by atoms with E-state index in [-0.39, 0.29) is 5.97 Å². The van der Waals surface area contributed by atoms with Crippen LogP contribution in [0.4, 0.5) is 4.79 Å². The van der Waals surface area contributed by atoms with E-state index in [1.807, 2.05) is 0 Å². The highest BCUT2D eigenvalue weighted by molar-refractivity contribution is 5.89. The van der Waals surface area contributed by atoms with Gasteiger partial charge in [0.25, 0.3) is 0 Å². The molecule has 26 heavy (non-hydrogen) atoms. The number of carbonyl (C=O) groups excluding carboxylic acids is 2. The molecule has 0 aliphatic carbocycles. The highest BCUT2D eigenvalue weighted by atomic mass is 16.5. The molecular weight excluding hydrogens is 338 g/mol. The number of hydrogen-bond donors (Lipinski definition) is 2. The van der Waals surface area contributed by atoms with Crippen molar-refractivity contribution in [2.45, 2.75) is 6.61 Å². The summed E-state index contributed by atoms with van der Waals surface area (Å²) in [5.74, 6) is 0.672. The van der Waals surface area contributed by atoms with E-state index in [1.165, 1.54) is 20.4 Å². The van der Waals surface area contributed by atoms with E-state index in [9.17, 15) is 9.59 Å². The number of nitrogens with two attached hydrogens (primary N) is 1. The molecule has 0 unspecified atom stereocenters. The van der Waals surface area contributed by atoms with Gasteiger partial charge in [-0.1, -0.05) is 12.1 Å². The summed E-state index contributed by atoms with van der Waals surface area (Å²) < 4.78 is 15.7. The smallest absolute Gasteiger partial charge is 0.337 e. The molecule has 0 atom stereocenters. The standard InChI is InChI=1S/C18H19N3O5/c1-24-16-9-13(10-20-21-18(19)23)5-8-15(16)26-11-12-3-6-14(7-4-12)17(22)25-2/h3-10H,11H2,1-2H3,(H3,19,21,23). The monoisotopic (exact) mass is 357 g/mol. The average molecular weight is 357 g/mol. The molecule has 0 bridgehead atoms. The van der Waals surface area contributed by atoms with Crippen molar-refractivity contribution >= 4 is 18.2 Å². The largest absolute Gasteiger partial charge is 0.493 e. The molecule has 2 amide bonds. The second-order valence-corrected chi connectivity index (χ2v) is 5.12. The number of hydrazone groups is 1. The number of benzene rings is 2. The molecule has 0 spiro atoms. The summed E-state index contributed by atoms with van der Waals surface area (Å²) in [5, 5.41) is 3.69. The van der Waals surface area contributed by atoms with E-state index in [2.05, 4.69) is 15.3 Å². The van der Waals surface area contributed by atoms with Gasteiger partial charge in [-0.15, -0.1) is 0 Å². The van der Waals surface area contributed by atoms with Crippen molar-refractivity contribution in [2.75, 3.05) is 14.2 Å². The minimum atomic E-state index is -0.744. The zero-order chi connectivity index (χ0) is 18.9. The number of primary amides is 1. The fourth-order valence-corrected chi connectivity index (χ4v) is 2.07.